The number of alkyl halides is 2. The lowest BCUT2D eigenvalue weighted by Crippen LogP contribution is -2.41. The molecule has 1 fully saturated rings. The Morgan fingerprint density at radius 1 is 1.47 bits per heavy atom. The summed E-state index contributed by atoms with van der Waals surface area (Å²) in [5.41, 5.74) is -0.208. The molecule has 1 saturated carbocycles. The van der Waals surface area contributed by atoms with Crippen molar-refractivity contribution in [1.29, 1.82) is 0 Å². The van der Waals surface area contributed by atoms with Crippen molar-refractivity contribution in [3.63, 3.8) is 0 Å². The zero-order valence-electron chi connectivity index (χ0n) is 9.15. The van der Waals surface area contributed by atoms with Crippen LogP contribution < -0.4 is 5.56 Å². The summed E-state index contributed by atoms with van der Waals surface area (Å²) < 4.78 is 31.1. The molecule has 17 heavy (non-hydrogen) atoms. The number of methoxy groups -OCH3 is 1. The number of hydrogen-bond donors (Lipinski definition) is 0. The Labute approximate surface area is 95.8 Å². The van der Waals surface area contributed by atoms with Gasteiger partial charge in [0.1, 0.15) is 0 Å². The van der Waals surface area contributed by atoms with Crippen LogP contribution in [0.2, 0.25) is 0 Å². The van der Waals surface area contributed by atoms with Crippen LogP contribution in [0, 0.1) is 0 Å². The van der Waals surface area contributed by atoms with E-state index in [2.05, 4.69) is 4.74 Å². The van der Waals surface area contributed by atoms with Crippen LogP contribution in [0.3, 0.4) is 0 Å². The predicted octanol–water partition coefficient (Wildman–Crippen LogP) is 1.61. The third kappa shape index (κ3) is 2.20. The van der Waals surface area contributed by atoms with E-state index < -0.39 is 23.5 Å². The number of esters is 1. The lowest BCUT2D eigenvalue weighted by atomic mass is 9.88. The number of carbonyl (C=O) groups is 1. The van der Waals surface area contributed by atoms with E-state index in [0.717, 1.165) is 0 Å². The highest BCUT2D eigenvalue weighted by molar-refractivity contribution is 5.88. The van der Waals surface area contributed by atoms with Gasteiger partial charge in [-0.1, -0.05) is 0 Å². The molecule has 0 bridgehead atoms. The molecule has 1 aromatic rings. The van der Waals surface area contributed by atoms with Gasteiger partial charge in [-0.25, -0.2) is 13.6 Å². The van der Waals surface area contributed by atoms with Gasteiger partial charge in [0.2, 0.25) is 0 Å². The Morgan fingerprint density at radius 3 is 2.65 bits per heavy atom. The molecule has 0 unspecified atom stereocenters. The molecule has 4 nitrogen and oxygen atoms in total. The second-order valence-corrected chi connectivity index (χ2v) is 4.07. The zero-order valence-corrected chi connectivity index (χ0v) is 9.15. The number of rotatable bonds is 2. The van der Waals surface area contributed by atoms with Gasteiger partial charge in [-0.2, -0.15) is 0 Å². The molecule has 0 aromatic carbocycles. The summed E-state index contributed by atoms with van der Waals surface area (Å²) in [6, 6.07) is 1.96. The van der Waals surface area contributed by atoms with E-state index in [1.54, 1.807) is 0 Å². The first-order chi connectivity index (χ1) is 7.93. The third-order valence-corrected chi connectivity index (χ3v) is 2.82. The largest absolute Gasteiger partial charge is 0.465 e. The number of nitrogens with zero attached hydrogens (tertiary/aromatic N) is 1. The van der Waals surface area contributed by atoms with Crippen molar-refractivity contribution in [1.82, 2.24) is 4.57 Å². The molecular weight excluding hydrogens is 232 g/mol. The van der Waals surface area contributed by atoms with Crippen molar-refractivity contribution in [2.24, 2.45) is 0 Å². The Hall–Kier alpha value is -1.72. The third-order valence-electron chi connectivity index (χ3n) is 2.82. The SMILES string of the molecule is COC(=O)c1ccc(=O)n(C2CC(F)(F)C2)c1. The van der Waals surface area contributed by atoms with E-state index >= 15 is 0 Å². The first-order valence-electron chi connectivity index (χ1n) is 5.11. The molecule has 1 aliphatic carbocycles. The lowest BCUT2D eigenvalue weighted by Gasteiger charge is -2.36. The van der Waals surface area contributed by atoms with Crippen molar-refractivity contribution in [3.8, 4) is 0 Å². The maximum atomic E-state index is 12.7. The number of ether oxygens (including phenoxy) is 1. The number of aromatic nitrogens is 1. The monoisotopic (exact) mass is 243 g/mol. The van der Waals surface area contributed by atoms with Crippen LogP contribution in [-0.2, 0) is 4.74 Å². The van der Waals surface area contributed by atoms with Gasteiger partial charge in [0, 0.05) is 31.1 Å². The fraction of sp³-hybridized carbons (Fsp3) is 0.455. The summed E-state index contributed by atoms with van der Waals surface area (Å²) in [5.74, 6) is -3.30. The summed E-state index contributed by atoms with van der Waals surface area (Å²) >= 11 is 0. The highest BCUT2D eigenvalue weighted by Gasteiger charge is 2.46. The molecular formula is C11H11F2NO3. The molecule has 1 aromatic heterocycles. The molecule has 0 N–H and O–H groups in total. The summed E-state index contributed by atoms with van der Waals surface area (Å²) in [6.45, 7) is 0. The van der Waals surface area contributed by atoms with E-state index in [9.17, 15) is 18.4 Å². The molecule has 0 atom stereocenters. The Balaban J connectivity index is 2.28. The predicted molar refractivity (Wildman–Crippen MR) is 55.3 cm³/mol. The fourth-order valence-electron chi connectivity index (χ4n) is 1.85. The van der Waals surface area contributed by atoms with Crippen molar-refractivity contribution in [3.05, 3.63) is 34.2 Å². The first-order valence-corrected chi connectivity index (χ1v) is 5.11. The molecule has 0 saturated heterocycles. The summed E-state index contributed by atoms with van der Waals surface area (Å²) in [4.78, 5) is 22.7. The molecule has 1 aliphatic rings. The Bertz CT molecular complexity index is 502. The first kappa shape index (κ1) is 11.8. The quantitative estimate of drug-likeness (QED) is 0.741. The van der Waals surface area contributed by atoms with E-state index in [0.29, 0.717) is 0 Å². The maximum absolute atomic E-state index is 12.7. The van der Waals surface area contributed by atoms with Crippen LogP contribution in [0.25, 0.3) is 0 Å². The van der Waals surface area contributed by atoms with Crippen LogP contribution in [-0.4, -0.2) is 23.6 Å². The molecule has 0 amide bonds. The molecule has 92 valence electrons. The van der Waals surface area contributed by atoms with Gasteiger partial charge in [-0.3, -0.25) is 4.79 Å². The van der Waals surface area contributed by atoms with Gasteiger partial charge in [-0.15, -0.1) is 0 Å². The summed E-state index contributed by atoms with van der Waals surface area (Å²) in [7, 11) is 1.22. The van der Waals surface area contributed by atoms with Crippen LogP contribution >= 0.6 is 0 Å². The fourth-order valence-corrected chi connectivity index (χ4v) is 1.85. The second-order valence-electron chi connectivity index (χ2n) is 4.07. The van der Waals surface area contributed by atoms with E-state index in [1.807, 2.05) is 0 Å². The normalized spacial score (nSPS) is 18.5. The van der Waals surface area contributed by atoms with Crippen LogP contribution in [0.5, 0.6) is 0 Å². The zero-order chi connectivity index (χ0) is 12.6. The van der Waals surface area contributed by atoms with Crippen LogP contribution in [0.4, 0.5) is 8.78 Å². The topological polar surface area (TPSA) is 48.3 Å². The van der Waals surface area contributed by atoms with Crippen molar-refractivity contribution in [2.45, 2.75) is 24.8 Å². The van der Waals surface area contributed by atoms with Crippen molar-refractivity contribution >= 4 is 5.97 Å². The van der Waals surface area contributed by atoms with Gasteiger partial charge in [0.05, 0.1) is 12.7 Å². The summed E-state index contributed by atoms with van der Waals surface area (Å²) in [6.07, 6.45) is 0.545. The van der Waals surface area contributed by atoms with Crippen LogP contribution in [0.1, 0.15) is 29.2 Å². The number of carbonyl (C=O) groups excluding carboxylic acids is 1. The van der Waals surface area contributed by atoms with Gasteiger partial charge in [-0.05, 0) is 6.07 Å². The van der Waals surface area contributed by atoms with Gasteiger partial charge in [0.15, 0.2) is 0 Å². The van der Waals surface area contributed by atoms with E-state index in [1.165, 1.54) is 30.0 Å². The lowest BCUT2D eigenvalue weighted by molar-refractivity contribution is -0.104. The number of halogens is 2. The smallest absolute Gasteiger partial charge is 0.339 e. The molecule has 0 aliphatic heterocycles. The minimum atomic E-state index is -2.70. The Kier molecular flexibility index (Phi) is 2.73. The second kappa shape index (κ2) is 3.94. The maximum Gasteiger partial charge on any atom is 0.339 e. The molecule has 2 rings (SSSR count). The highest BCUT2D eigenvalue weighted by atomic mass is 19.3. The van der Waals surface area contributed by atoms with Gasteiger partial charge < -0.3 is 9.30 Å². The van der Waals surface area contributed by atoms with Gasteiger partial charge >= 0.3 is 5.97 Å². The highest BCUT2D eigenvalue weighted by Crippen LogP contribution is 2.44. The standard InChI is InChI=1S/C11H11F2NO3/c1-17-10(16)7-2-3-9(15)14(6-7)8-4-11(12,13)5-8/h2-3,6,8H,4-5H2,1H3. The van der Waals surface area contributed by atoms with Crippen molar-refractivity contribution < 1.29 is 18.3 Å². The number of pyridine rings is 1. The Morgan fingerprint density at radius 2 is 2.12 bits per heavy atom. The summed E-state index contributed by atoms with van der Waals surface area (Å²) in [5, 5.41) is 0. The molecule has 1 heterocycles. The average molecular weight is 243 g/mol. The molecule has 6 heteroatoms. The minimum absolute atomic E-state index is 0.183. The van der Waals surface area contributed by atoms with E-state index in [-0.39, 0.29) is 18.4 Å². The van der Waals surface area contributed by atoms with Crippen molar-refractivity contribution in [2.75, 3.05) is 7.11 Å². The van der Waals surface area contributed by atoms with E-state index in [4.69, 9.17) is 0 Å². The number of hydrogen-bond acceptors (Lipinski definition) is 3. The van der Waals surface area contributed by atoms with Crippen LogP contribution in [0.15, 0.2) is 23.1 Å². The minimum Gasteiger partial charge on any atom is -0.465 e. The molecule has 0 radical (unpaired) electrons. The van der Waals surface area contributed by atoms with Gasteiger partial charge in [0.25, 0.3) is 11.5 Å². The average Bonchev–Trinajstić information content (AvgIpc) is 2.25. The molecule has 0 spiro atoms.